The molecule has 5 heteroatoms. The summed E-state index contributed by atoms with van der Waals surface area (Å²) in [6.45, 7) is 3.05. The smallest absolute Gasteiger partial charge is 0.149 e. The topological polar surface area (TPSA) is 48.7 Å². The number of hydrogen-bond donors (Lipinski definition) is 1. The molecule has 17 heavy (non-hydrogen) atoms. The van der Waals surface area contributed by atoms with Gasteiger partial charge >= 0.3 is 0 Å². The molecule has 0 spiro atoms. The van der Waals surface area contributed by atoms with Gasteiger partial charge in [0.1, 0.15) is 9.88 Å². The first-order valence-corrected chi connectivity index (χ1v) is 7.86. The van der Waals surface area contributed by atoms with E-state index in [2.05, 4.69) is 23.3 Å². The highest BCUT2D eigenvalue weighted by molar-refractivity contribution is 8.01. The molecule has 1 fully saturated rings. The summed E-state index contributed by atoms with van der Waals surface area (Å²) in [5.74, 6) is 1.34. The van der Waals surface area contributed by atoms with Crippen molar-refractivity contribution in [3.8, 4) is 6.07 Å². The van der Waals surface area contributed by atoms with E-state index in [1.165, 1.54) is 12.8 Å². The lowest BCUT2D eigenvalue weighted by atomic mass is 9.97. The van der Waals surface area contributed by atoms with Gasteiger partial charge in [-0.05, 0) is 31.7 Å². The van der Waals surface area contributed by atoms with Crippen LogP contribution in [-0.4, -0.2) is 22.8 Å². The Morgan fingerprint density at radius 1 is 1.71 bits per heavy atom. The number of thiazole rings is 1. The van der Waals surface area contributed by atoms with Crippen LogP contribution in [0.2, 0.25) is 0 Å². The van der Waals surface area contributed by atoms with Crippen molar-refractivity contribution in [2.24, 2.45) is 5.92 Å². The van der Waals surface area contributed by atoms with Crippen LogP contribution in [-0.2, 0) is 0 Å². The molecule has 0 bridgehead atoms. The van der Waals surface area contributed by atoms with Crippen LogP contribution < -0.4 is 5.32 Å². The highest BCUT2D eigenvalue weighted by Gasteiger charge is 2.45. The van der Waals surface area contributed by atoms with Crippen molar-refractivity contribution >= 4 is 23.1 Å². The van der Waals surface area contributed by atoms with Crippen molar-refractivity contribution in [1.29, 1.82) is 5.26 Å². The summed E-state index contributed by atoms with van der Waals surface area (Å²) >= 11 is 3.34. The Hall–Kier alpha value is -0.570. The van der Waals surface area contributed by atoms with E-state index >= 15 is 0 Å². The monoisotopic (exact) mass is 267 g/mol. The first-order chi connectivity index (χ1) is 8.30. The Bertz CT molecular complexity index is 381. The van der Waals surface area contributed by atoms with Crippen molar-refractivity contribution in [1.82, 2.24) is 10.3 Å². The van der Waals surface area contributed by atoms with Crippen molar-refractivity contribution in [2.45, 2.75) is 36.1 Å². The molecule has 0 radical (unpaired) electrons. The van der Waals surface area contributed by atoms with Crippen LogP contribution in [0.5, 0.6) is 0 Å². The first kappa shape index (κ1) is 12.9. The Kier molecular flexibility index (Phi) is 4.43. The van der Waals surface area contributed by atoms with Gasteiger partial charge in [-0.3, -0.25) is 5.32 Å². The largest absolute Gasteiger partial charge is 0.298 e. The lowest BCUT2D eigenvalue weighted by molar-refractivity contribution is 0.405. The minimum absolute atomic E-state index is 0.341. The molecular weight excluding hydrogens is 250 g/mol. The predicted molar refractivity (Wildman–Crippen MR) is 72.2 cm³/mol. The van der Waals surface area contributed by atoms with E-state index in [0.29, 0.717) is 5.92 Å². The van der Waals surface area contributed by atoms with Crippen molar-refractivity contribution < 1.29 is 0 Å². The summed E-state index contributed by atoms with van der Waals surface area (Å²) in [5.41, 5.74) is -0.341. The standard InChI is InChI=1S/C12H17N3S2/c1-2-5-15-12(8-13,10-3-4-10)9-17-11-14-6-7-16-11/h6-7,10,15H,2-5,9H2,1H3. The van der Waals surface area contributed by atoms with E-state index in [9.17, 15) is 5.26 Å². The molecule has 1 aromatic heterocycles. The maximum Gasteiger partial charge on any atom is 0.149 e. The van der Waals surface area contributed by atoms with E-state index in [-0.39, 0.29) is 5.54 Å². The predicted octanol–water partition coefficient (Wildman–Crippen LogP) is 2.91. The molecular formula is C12H17N3S2. The normalized spacial score (nSPS) is 18.6. The van der Waals surface area contributed by atoms with Gasteiger partial charge in [-0.2, -0.15) is 5.26 Å². The second-order valence-corrected chi connectivity index (χ2v) is 6.49. The fraction of sp³-hybridized carbons (Fsp3) is 0.667. The van der Waals surface area contributed by atoms with E-state index in [0.717, 1.165) is 23.1 Å². The molecule has 92 valence electrons. The zero-order valence-corrected chi connectivity index (χ0v) is 11.6. The zero-order chi connectivity index (χ0) is 12.1. The van der Waals surface area contributed by atoms with E-state index < -0.39 is 0 Å². The average Bonchev–Trinajstić information content (AvgIpc) is 3.08. The lowest BCUT2D eigenvalue weighted by Gasteiger charge is -2.27. The fourth-order valence-corrected chi connectivity index (χ4v) is 3.72. The van der Waals surface area contributed by atoms with E-state index in [1.807, 2.05) is 11.6 Å². The molecule has 1 aliphatic rings. The summed E-state index contributed by atoms with van der Waals surface area (Å²) in [7, 11) is 0. The molecule has 1 heterocycles. The van der Waals surface area contributed by atoms with E-state index in [4.69, 9.17) is 0 Å². The summed E-state index contributed by atoms with van der Waals surface area (Å²) < 4.78 is 1.06. The number of thioether (sulfide) groups is 1. The molecule has 0 amide bonds. The van der Waals surface area contributed by atoms with Crippen LogP contribution in [0, 0.1) is 17.2 Å². The molecule has 1 unspecified atom stereocenters. The lowest BCUT2D eigenvalue weighted by Crippen LogP contribution is -2.48. The average molecular weight is 267 g/mol. The zero-order valence-electron chi connectivity index (χ0n) is 9.98. The van der Waals surface area contributed by atoms with Gasteiger partial charge in [0.15, 0.2) is 0 Å². The quantitative estimate of drug-likeness (QED) is 0.772. The van der Waals surface area contributed by atoms with Gasteiger partial charge in [-0.15, -0.1) is 11.3 Å². The number of rotatable bonds is 7. The van der Waals surface area contributed by atoms with Gasteiger partial charge in [0, 0.05) is 17.3 Å². The Morgan fingerprint density at radius 2 is 2.53 bits per heavy atom. The second kappa shape index (κ2) is 5.85. The molecule has 2 rings (SSSR count). The Labute approximate surface area is 111 Å². The highest BCUT2D eigenvalue weighted by Crippen LogP contribution is 2.42. The van der Waals surface area contributed by atoms with Crippen LogP contribution in [0.25, 0.3) is 0 Å². The third-order valence-corrected chi connectivity index (χ3v) is 5.16. The minimum Gasteiger partial charge on any atom is -0.298 e. The second-order valence-electron chi connectivity index (χ2n) is 4.37. The van der Waals surface area contributed by atoms with Crippen molar-refractivity contribution in [2.75, 3.05) is 12.3 Å². The van der Waals surface area contributed by atoms with Crippen LogP contribution in [0.1, 0.15) is 26.2 Å². The molecule has 0 aliphatic heterocycles. The van der Waals surface area contributed by atoms with Crippen LogP contribution in [0.3, 0.4) is 0 Å². The van der Waals surface area contributed by atoms with Crippen LogP contribution in [0.15, 0.2) is 15.9 Å². The van der Waals surface area contributed by atoms with Crippen molar-refractivity contribution in [3.63, 3.8) is 0 Å². The summed E-state index contributed by atoms with van der Waals surface area (Å²) in [4.78, 5) is 4.26. The number of nitrogens with one attached hydrogen (secondary N) is 1. The Balaban J connectivity index is 1.97. The Morgan fingerprint density at radius 3 is 3.06 bits per heavy atom. The maximum atomic E-state index is 9.50. The number of aromatic nitrogens is 1. The van der Waals surface area contributed by atoms with Gasteiger partial charge in [0.25, 0.3) is 0 Å². The van der Waals surface area contributed by atoms with Crippen molar-refractivity contribution in [3.05, 3.63) is 11.6 Å². The number of hydrogen-bond acceptors (Lipinski definition) is 5. The molecule has 1 saturated carbocycles. The molecule has 1 atom stereocenters. The number of nitrogens with zero attached hydrogens (tertiary/aromatic N) is 2. The first-order valence-electron chi connectivity index (χ1n) is 5.99. The molecule has 3 nitrogen and oxygen atoms in total. The van der Waals surface area contributed by atoms with Gasteiger partial charge in [0.05, 0.1) is 6.07 Å². The summed E-state index contributed by atoms with van der Waals surface area (Å²) in [6.07, 6.45) is 5.25. The highest BCUT2D eigenvalue weighted by atomic mass is 32.2. The van der Waals surface area contributed by atoms with Gasteiger partial charge < -0.3 is 0 Å². The van der Waals surface area contributed by atoms with E-state index in [1.54, 1.807) is 23.1 Å². The maximum absolute atomic E-state index is 9.50. The number of nitriles is 1. The molecule has 0 aromatic carbocycles. The van der Waals surface area contributed by atoms with Crippen LogP contribution in [0.4, 0.5) is 0 Å². The van der Waals surface area contributed by atoms with Crippen LogP contribution >= 0.6 is 23.1 Å². The molecule has 1 N–H and O–H groups in total. The summed E-state index contributed by atoms with van der Waals surface area (Å²) in [6, 6.07) is 2.52. The summed E-state index contributed by atoms with van der Waals surface area (Å²) in [5, 5.41) is 14.9. The van der Waals surface area contributed by atoms with Gasteiger partial charge in [-0.1, -0.05) is 18.7 Å². The third-order valence-electron chi connectivity index (χ3n) is 3.00. The van der Waals surface area contributed by atoms with Gasteiger partial charge in [0.2, 0.25) is 0 Å². The molecule has 1 aliphatic carbocycles. The SMILES string of the molecule is CCCNC(C#N)(CSc1nccs1)C1CC1. The molecule has 0 saturated heterocycles. The molecule has 1 aromatic rings. The third kappa shape index (κ3) is 3.21. The fourth-order valence-electron chi connectivity index (χ4n) is 1.86. The van der Waals surface area contributed by atoms with Gasteiger partial charge in [-0.25, -0.2) is 4.98 Å². The minimum atomic E-state index is -0.341.